The van der Waals surface area contributed by atoms with E-state index in [9.17, 15) is 14.4 Å². The van der Waals surface area contributed by atoms with Gasteiger partial charge in [-0.2, -0.15) is 5.10 Å². The van der Waals surface area contributed by atoms with Crippen LogP contribution in [0.5, 0.6) is 0 Å². The number of nitrogens with one attached hydrogen (secondary N) is 2. The highest BCUT2D eigenvalue weighted by Crippen LogP contribution is 2.17. The lowest BCUT2D eigenvalue weighted by atomic mass is 10.2. The van der Waals surface area contributed by atoms with Crippen LogP contribution in [0, 0.1) is 0 Å². The highest BCUT2D eigenvalue weighted by atomic mass is 16.7. The van der Waals surface area contributed by atoms with Crippen molar-refractivity contribution >= 4 is 23.5 Å². The molecule has 3 aromatic rings. The molecule has 4 rings (SSSR count). The molecule has 2 aromatic heterocycles. The number of benzene rings is 1. The molecule has 10 nitrogen and oxygen atoms in total. The van der Waals surface area contributed by atoms with E-state index in [-0.39, 0.29) is 18.4 Å². The molecule has 0 bridgehead atoms. The van der Waals surface area contributed by atoms with Crippen LogP contribution in [0.15, 0.2) is 48.8 Å². The number of rotatable bonds is 6. The molecule has 0 radical (unpaired) electrons. The van der Waals surface area contributed by atoms with Crippen LogP contribution in [0.1, 0.15) is 29.0 Å². The first-order valence-electron chi connectivity index (χ1n) is 8.84. The molecule has 2 amide bonds. The SMILES string of the molecule is O=C(ON1C(=O)CCC1=O)c1cccc(NCc2nc(-c3ccncc3)n[nH]2)c1. The summed E-state index contributed by atoms with van der Waals surface area (Å²) in [6, 6.07) is 10.1. The van der Waals surface area contributed by atoms with Crippen molar-refractivity contribution in [3.8, 4) is 11.4 Å². The number of hydrogen-bond acceptors (Lipinski definition) is 8. The van der Waals surface area contributed by atoms with Gasteiger partial charge in [0.05, 0.1) is 12.1 Å². The molecule has 2 N–H and O–H groups in total. The van der Waals surface area contributed by atoms with Gasteiger partial charge in [0.1, 0.15) is 5.82 Å². The number of hydroxylamine groups is 2. The van der Waals surface area contributed by atoms with E-state index in [1.807, 2.05) is 12.1 Å². The van der Waals surface area contributed by atoms with Gasteiger partial charge in [-0.05, 0) is 30.3 Å². The summed E-state index contributed by atoms with van der Waals surface area (Å²) in [5.74, 6) is -0.655. The van der Waals surface area contributed by atoms with Gasteiger partial charge in [-0.3, -0.25) is 19.7 Å². The maximum Gasteiger partial charge on any atom is 0.363 e. The molecular weight excluding hydrogens is 376 g/mol. The third kappa shape index (κ3) is 4.10. The predicted octanol–water partition coefficient (Wildman–Crippen LogP) is 1.70. The lowest BCUT2D eigenvalue weighted by Crippen LogP contribution is -2.32. The molecule has 0 saturated carbocycles. The molecule has 3 heterocycles. The van der Waals surface area contributed by atoms with Gasteiger partial charge in [0.2, 0.25) is 0 Å². The minimum absolute atomic E-state index is 0.0480. The minimum Gasteiger partial charge on any atom is -0.378 e. The maximum atomic E-state index is 12.2. The number of anilines is 1. The first kappa shape index (κ1) is 18.3. The second-order valence-electron chi connectivity index (χ2n) is 6.24. The van der Waals surface area contributed by atoms with Crippen LogP contribution in [0.25, 0.3) is 11.4 Å². The molecule has 1 fully saturated rings. The number of carbonyl (C=O) groups excluding carboxylic acids is 3. The topological polar surface area (TPSA) is 130 Å². The van der Waals surface area contributed by atoms with Gasteiger partial charge in [0.25, 0.3) is 11.8 Å². The van der Waals surface area contributed by atoms with E-state index in [1.54, 1.807) is 30.6 Å². The zero-order chi connectivity index (χ0) is 20.2. The molecule has 1 saturated heterocycles. The molecule has 146 valence electrons. The van der Waals surface area contributed by atoms with Crippen molar-refractivity contribution in [2.45, 2.75) is 19.4 Å². The fourth-order valence-electron chi connectivity index (χ4n) is 2.74. The summed E-state index contributed by atoms with van der Waals surface area (Å²) in [6.07, 6.45) is 3.42. The summed E-state index contributed by atoms with van der Waals surface area (Å²) in [6.45, 7) is 0.347. The monoisotopic (exact) mass is 392 g/mol. The van der Waals surface area contributed by atoms with E-state index in [0.717, 1.165) is 5.56 Å². The molecule has 0 spiro atoms. The summed E-state index contributed by atoms with van der Waals surface area (Å²) in [5, 5.41) is 10.7. The van der Waals surface area contributed by atoms with Gasteiger partial charge in [0.15, 0.2) is 5.82 Å². The average molecular weight is 392 g/mol. The zero-order valence-electron chi connectivity index (χ0n) is 15.2. The van der Waals surface area contributed by atoms with Crippen LogP contribution in [0.3, 0.4) is 0 Å². The molecular formula is C19H16N6O4. The number of aromatic nitrogens is 4. The number of amides is 2. The Kier molecular flexibility index (Phi) is 4.97. The highest BCUT2D eigenvalue weighted by Gasteiger charge is 2.33. The molecule has 1 aliphatic heterocycles. The van der Waals surface area contributed by atoms with Crippen molar-refractivity contribution in [3.63, 3.8) is 0 Å². The molecule has 0 aliphatic carbocycles. The normalized spacial score (nSPS) is 13.6. The van der Waals surface area contributed by atoms with Crippen molar-refractivity contribution in [1.29, 1.82) is 0 Å². The molecule has 1 aliphatic rings. The number of imide groups is 1. The van der Waals surface area contributed by atoms with Gasteiger partial charge in [-0.15, -0.1) is 5.06 Å². The largest absolute Gasteiger partial charge is 0.378 e. The number of H-pyrrole nitrogens is 1. The highest BCUT2D eigenvalue weighted by molar-refractivity contribution is 6.02. The first-order chi connectivity index (χ1) is 14.1. The van der Waals surface area contributed by atoms with E-state index in [4.69, 9.17) is 4.84 Å². The van der Waals surface area contributed by atoms with Gasteiger partial charge in [0, 0.05) is 36.5 Å². The van der Waals surface area contributed by atoms with E-state index in [1.165, 1.54) is 6.07 Å². The molecule has 10 heteroatoms. The summed E-state index contributed by atoms with van der Waals surface area (Å²) in [5.41, 5.74) is 1.69. The number of aromatic amines is 1. The van der Waals surface area contributed by atoms with Gasteiger partial charge >= 0.3 is 5.97 Å². The quantitative estimate of drug-likeness (QED) is 0.606. The van der Waals surface area contributed by atoms with Gasteiger partial charge in [-0.1, -0.05) is 6.07 Å². The standard InChI is InChI=1S/C19H16N6O4/c26-16-4-5-17(27)25(16)29-19(28)13-2-1-3-14(10-13)21-11-15-22-18(24-23-15)12-6-8-20-9-7-12/h1-3,6-10,21H,4-5,11H2,(H,22,23,24). The van der Waals surface area contributed by atoms with Crippen molar-refractivity contribution in [2.75, 3.05) is 5.32 Å². The van der Waals surface area contributed by atoms with Crippen molar-refractivity contribution in [3.05, 3.63) is 60.2 Å². The Bertz CT molecular complexity index is 1050. The van der Waals surface area contributed by atoms with Crippen LogP contribution in [-0.4, -0.2) is 43.0 Å². The fraction of sp³-hybridized carbons (Fsp3) is 0.158. The number of pyridine rings is 1. The molecule has 1 aromatic carbocycles. The Balaban J connectivity index is 1.39. The smallest absolute Gasteiger partial charge is 0.363 e. The van der Waals surface area contributed by atoms with Crippen LogP contribution in [-0.2, 0) is 21.0 Å². The van der Waals surface area contributed by atoms with E-state index >= 15 is 0 Å². The summed E-state index contributed by atoms with van der Waals surface area (Å²) in [4.78, 5) is 48.7. The van der Waals surface area contributed by atoms with E-state index < -0.39 is 17.8 Å². The van der Waals surface area contributed by atoms with Crippen LogP contribution in [0.4, 0.5) is 5.69 Å². The molecule has 29 heavy (non-hydrogen) atoms. The van der Waals surface area contributed by atoms with Gasteiger partial charge < -0.3 is 10.2 Å². The predicted molar refractivity (Wildman–Crippen MR) is 99.9 cm³/mol. The Morgan fingerprint density at radius 3 is 2.66 bits per heavy atom. The maximum absolute atomic E-state index is 12.2. The van der Waals surface area contributed by atoms with E-state index in [0.29, 0.717) is 28.9 Å². The first-order valence-corrected chi connectivity index (χ1v) is 8.84. The zero-order valence-corrected chi connectivity index (χ0v) is 15.2. The minimum atomic E-state index is -0.781. The summed E-state index contributed by atoms with van der Waals surface area (Å²) in [7, 11) is 0. The number of hydrogen-bond donors (Lipinski definition) is 2. The third-order valence-corrected chi connectivity index (χ3v) is 4.21. The molecule has 0 atom stereocenters. The Morgan fingerprint density at radius 1 is 1.14 bits per heavy atom. The lowest BCUT2D eigenvalue weighted by Gasteiger charge is -2.13. The van der Waals surface area contributed by atoms with Crippen LogP contribution >= 0.6 is 0 Å². The van der Waals surface area contributed by atoms with Crippen molar-refractivity contribution in [2.24, 2.45) is 0 Å². The van der Waals surface area contributed by atoms with Crippen molar-refractivity contribution in [1.82, 2.24) is 25.2 Å². The summed E-state index contributed by atoms with van der Waals surface area (Å²) < 4.78 is 0. The fourth-order valence-corrected chi connectivity index (χ4v) is 2.74. The Labute approximate surface area is 164 Å². The number of nitrogens with zero attached hydrogens (tertiary/aromatic N) is 4. The Morgan fingerprint density at radius 2 is 1.90 bits per heavy atom. The lowest BCUT2D eigenvalue weighted by molar-refractivity contribution is -0.172. The Hall–Kier alpha value is -4.08. The molecule has 0 unspecified atom stereocenters. The second kappa shape index (κ2) is 7.89. The summed E-state index contributed by atoms with van der Waals surface area (Å²) >= 11 is 0. The third-order valence-electron chi connectivity index (χ3n) is 4.21. The average Bonchev–Trinajstić information content (AvgIpc) is 3.35. The van der Waals surface area contributed by atoms with E-state index in [2.05, 4.69) is 25.5 Å². The van der Waals surface area contributed by atoms with Crippen molar-refractivity contribution < 1.29 is 19.2 Å². The number of carbonyl (C=O) groups is 3. The van der Waals surface area contributed by atoms with Crippen LogP contribution < -0.4 is 5.32 Å². The van der Waals surface area contributed by atoms with Gasteiger partial charge in [-0.25, -0.2) is 9.78 Å². The second-order valence-corrected chi connectivity index (χ2v) is 6.24. The van der Waals surface area contributed by atoms with Crippen LogP contribution in [0.2, 0.25) is 0 Å².